The molecule has 1 heterocycles. The van der Waals surface area contributed by atoms with Gasteiger partial charge >= 0.3 is 0 Å². The van der Waals surface area contributed by atoms with Gasteiger partial charge < -0.3 is 5.32 Å². The molecule has 1 N–H and O–H groups in total. The molecule has 0 radical (unpaired) electrons. The van der Waals surface area contributed by atoms with Crippen LogP contribution < -0.4 is 5.32 Å². The van der Waals surface area contributed by atoms with Crippen LogP contribution in [0.5, 0.6) is 0 Å². The largest absolute Gasteiger partial charge is 0.335 e. The van der Waals surface area contributed by atoms with E-state index in [1.54, 1.807) is 0 Å². The Morgan fingerprint density at radius 2 is 2.06 bits per heavy atom. The summed E-state index contributed by atoms with van der Waals surface area (Å²) in [7, 11) is 0. The highest BCUT2D eigenvalue weighted by Gasteiger charge is 2.14. The zero-order valence-electron chi connectivity index (χ0n) is 10.0. The average molecular weight is 246 g/mol. The Balaban J connectivity index is 1.85. The molecule has 0 saturated carbocycles. The molecule has 0 atom stereocenters. The lowest BCUT2D eigenvalue weighted by Gasteiger charge is -2.21. The molecule has 0 aromatic heterocycles. The summed E-state index contributed by atoms with van der Waals surface area (Å²) >= 11 is 1.85. The van der Waals surface area contributed by atoms with E-state index in [1.165, 1.54) is 54.7 Å². The van der Waals surface area contributed by atoms with Gasteiger partial charge in [-0.05, 0) is 49.3 Å². The van der Waals surface area contributed by atoms with Crippen LogP contribution in [-0.4, -0.2) is 17.5 Å². The zero-order valence-corrected chi connectivity index (χ0v) is 10.9. The minimum atomic E-state index is 0.977. The average Bonchev–Trinajstić information content (AvgIpc) is 2.40. The summed E-state index contributed by atoms with van der Waals surface area (Å²) < 4.78 is 0. The van der Waals surface area contributed by atoms with Crippen LogP contribution in [0.2, 0.25) is 0 Å². The van der Waals surface area contributed by atoms with Gasteiger partial charge in [0.05, 0.1) is 0 Å². The lowest BCUT2D eigenvalue weighted by atomic mass is 9.90. The van der Waals surface area contributed by atoms with Crippen LogP contribution in [0.3, 0.4) is 0 Å². The van der Waals surface area contributed by atoms with Crippen molar-refractivity contribution in [2.24, 2.45) is 4.99 Å². The van der Waals surface area contributed by atoms with Crippen molar-refractivity contribution in [2.75, 3.05) is 17.6 Å². The molecular weight excluding hydrogens is 228 g/mol. The van der Waals surface area contributed by atoms with Gasteiger partial charge in [-0.15, -0.1) is 0 Å². The fraction of sp³-hybridized carbons (Fsp3) is 0.500. The second kappa shape index (κ2) is 5.13. The van der Waals surface area contributed by atoms with Crippen molar-refractivity contribution in [2.45, 2.75) is 32.1 Å². The van der Waals surface area contributed by atoms with Crippen molar-refractivity contribution in [3.8, 4) is 0 Å². The Hall–Kier alpha value is -0.960. The van der Waals surface area contributed by atoms with E-state index in [1.807, 2.05) is 11.8 Å². The molecule has 1 aliphatic heterocycles. The van der Waals surface area contributed by atoms with E-state index >= 15 is 0 Å². The second-order valence-electron chi connectivity index (χ2n) is 4.66. The van der Waals surface area contributed by atoms with Crippen LogP contribution in [0.25, 0.3) is 0 Å². The lowest BCUT2D eigenvalue weighted by molar-refractivity contribution is 0.687. The van der Waals surface area contributed by atoms with Gasteiger partial charge in [0.1, 0.15) is 0 Å². The van der Waals surface area contributed by atoms with E-state index in [0.717, 1.165) is 11.7 Å². The summed E-state index contributed by atoms with van der Waals surface area (Å²) in [4.78, 5) is 4.54. The summed E-state index contributed by atoms with van der Waals surface area (Å²) in [6.07, 6.45) is 6.33. The molecule has 0 amide bonds. The molecule has 90 valence electrons. The van der Waals surface area contributed by atoms with Gasteiger partial charge in [0.25, 0.3) is 0 Å². The van der Waals surface area contributed by atoms with Gasteiger partial charge in [0, 0.05) is 18.0 Å². The maximum Gasteiger partial charge on any atom is 0.161 e. The summed E-state index contributed by atoms with van der Waals surface area (Å²) in [5.41, 5.74) is 4.34. The van der Waals surface area contributed by atoms with E-state index in [4.69, 9.17) is 0 Å². The molecule has 17 heavy (non-hydrogen) atoms. The van der Waals surface area contributed by atoms with Crippen molar-refractivity contribution in [1.82, 2.24) is 0 Å². The molecule has 1 aliphatic carbocycles. The van der Waals surface area contributed by atoms with Gasteiger partial charge in [-0.2, -0.15) is 0 Å². The van der Waals surface area contributed by atoms with E-state index in [9.17, 15) is 0 Å². The molecule has 1 aromatic rings. The molecule has 0 bridgehead atoms. The van der Waals surface area contributed by atoms with E-state index in [-0.39, 0.29) is 0 Å². The van der Waals surface area contributed by atoms with Crippen molar-refractivity contribution in [3.63, 3.8) is 0 Å². The molecule has 0 saturated heterocycles. The summed E-state index contributed by atoms with van der Waals surface area (Å²) in [5.74, 6) is 1.20. The fourth-order valence-corrected chi connectivity index (χ4v) is 3.38. The van der Waals surface area contributed by atoms with Crippen LogP contribution in [0.1, 0.15) is 30.4 Å². The predicted molar refractivity (Wildman–Crippen MR) is 76.1 cm³/mol. The molecule has 2 nitrogen and oxygen atoms in total. The van der Waals surface area contributed by atoms with Crippen LogP contribution in [0.4, 0.5) is 5.69 Å². The first kappa shape index (κ1) is 11.1. The molecule has 0 unspecified atom stereocenters. The number of nitrogens with zero attached hydrogens (tertiary/aromatic N) is 1. The monoisotopic (exact) mass is 246 g/mol. The number of aliphatic imine (C=N–C) groups is 1. The first-order chi connectivity index (χ1) is 8.43. The van der Waals surface area contributed by atoms with E-state index < -0.39 is 0 Å². The van der Waals surface area contributed by atoms with Crippen LogP contribution >= 0.6 is 11.8 Å². The lowest BCUT2D eigenvalue weighted by Crippen LogP contribution is -2.16. The highest BCUT2D eigenvalue weighted by atomic mass is 32.2. The molecule has 2 aliphatic rings. The minimum absolute atomic E-state index is 0.977. The third-order valence-electron chi connectivity index (χ3n) is 3.43. The van der Waals surface area contributed by atoms with Gasteiger partial charge in [0.2, 0.25) is 0 Å². The second-order valence-corrected chi connectivity index (χ2v) is 5.75. The number of hydrogen-bond acceptors (Lipinski definition) is 3. The van der Waals surface area contributed by atoms with Gasteiger partial charge in [-0.3, -0.25) is 4.99 Å². The molecule has 0 spiro atoms. The van der Waals surface area contributed by atoms with Crippen molar-refractivity contribution >= 4 is 22.6 Å². The number of fused-ring (bicyclic) bond motifs is 1. The zero-order chi connectivity index (χ0) is 11.5. The molecular formula is C14H18N2S. The molecule has 3 rings (SSSR count). The number of thioether (sulfide) groups is 1. The van der Waals surface area contributed by atoms with Crippen molar-refractivity contribution in [3.05, 3.63) is 29.3 Å². The number of anilines is 1. The quantitative estimate of drug-likeness (QED) is 0.820. The van der Waals surface area contributed by atoms with Crippen molar-refractivity contribution < 1.29 is 0 Å². The normalized spacial score (nSPS) is 19.4. The molecule has 3 heteroatoms. The Bertz CT molecular complexity index is 440. The maximum absolute atomic E-state index is 4.54. The highest BCUT2D eigenvalue weighted by molar-refractivity contribution is 8.14. The maximum atomic E-state index is 4.54. The van der Waals surface area contributed by atoms with E-state index in [2.05, 4.69) is 28.5 Å². The third kappa shape index (κ3) is 2.49. The van der Waals surface area contributed by atoms with Gasteiger partial charge in [0.15, 0.2) is 5.17 Å². The number of aryl methyl sites for hydroxylation is 1. The van der Waals surface area contributed by atoms with Gasteiger partial charge in [-0.25, -0.2) is 0 Å². The van der Waals surface area contributed by atoms with Gasteiger partial charge in [-0.1, -0.05) is 23.9 Å². The van der Waals surface area contributed by atoms with Crippen LogP contribution in [0.15, 0.2) is 23.2 Å². The Labute approximate surface area is 107 Å². The number of amidine groups is 1. The summed E-state index contributed by atoms with van der Waals surface area (Å²) in [6.45, 7) is 0.977. The fourth-order valence-electron chi connectivity index (χ4n) is 2.55. The predicted octanol–water partition coefficient (Wildman–Crippen LogP) is 3.47. The Morgan fingerprint density at radius 1 is 1.12 bits per heavy atom. The molecule has 1 aromatic carbocycles. The van der Waals surface area contributed by atoms with Crippen molar-refractivity contribution in [1.29, 1.82) is 0 Å². The standard InChI is InChI=1S/C14H18N2S/c1-2-7-12-11(5-1)6-3-8-13(12)16-14-15-9-4-10-17-14/h3,6,8H,1-2,4-5,7,9-10H2,(H,15,16). The SMILES string of the molecule is c1cc2c(c(NC3=NCCCS3)c1)CCCC2. The number of hydrogen-bond donors (Lipinski definition) is 1. The highest BCUT2D eigenvalue weighted by Crippen LogP contribution is 2.28. The summed E-state index contributed by atoms with van der Waals surface area (Å²) in [6, 6.07) is 6.64. The first-order valence-electron chi connectivity index (χ1n) is 6.48. The molecule has 0 fully saturated rings. The first-order valence-corrected chi connectivity index (χ1v) is 7.47. The topological polar surface area (TPSA) is 24.4 Å². The smallest absolute Gasteiger partial charge is 0.161 e. The number of benzene rings is 1. The minimum Gasteiger partial charge on any atom is -0.335 e. The third-order valence-corrected chi connectivity index (χ3v) is 4.43. The number of rotatable bonds is 1. The van der Waals surface area contributed by atoms with Crippen LogP contribution in [0, 0.1) is 0 Å². The Morgan fingerprint density at radius 3 is 2.94 bits per heavy atom. The van der Waals surface area contributed by atoms with Crippen LogP contribution in [-0.2, 0) is 12.8 Å². The summed E-state index contributed by atoms with van der Waals surface area (Å²) in [5, 5.41) is 4.63. The Kier molecular flexibility index (Phi) is 3.36. The van der Waals surface area contributed by atoms with E-state index in [0.29, 0.717) is 0 Å². The number of nitrogens with one attached hydrogen (secondary N) is 1.